The molecule has 0 fully saturated rings. The Kier molecular flexibility index (Phi) is 7.07. The zero-order valence-electron chi connectivity index (χ0n) is 15.0. The van der Waals surface area contributed by atoms with E-state index < -0.39 is 0 Å². The van der Waals surface area contributed by atoms with E-state index in [4.69, 9.17) is 9.47 Å². The second-order valence-electron chi connectivity index (χ2n) is 5.59. The van der Waals surface area contributed by atoms with Crippen molar-refractivity contribution in [3.8, 4) is 11.5 Å². The molecule has 134 valence electrons. The van der Waals surface area contributed by atoms with Crippen LogP contribution in [0, 0.1) is 0 Å². The monoisotopic (exact) mass is 343 g/mol. The van der Waals surface area contributed by atoms with Gasteiger partial charge in [-0.05, 0) is 36.8 Å². The molecule has 0 bridgehead atoms. The number of benzene rings is 1. The standard InChI is InChI=1S/C19H25N3O3/c1-4-5-6-11-20-15-8-10-18(21-13-15)22-19(23)14-7-9-16(24-2)17(12-14)25-3/h7-10,12-13,20H,4-6,11H2,1-3H3,(H,21,22,23). The van der Waals surface area contributed by atoms with Crippen LogP contribution in [0.5, 0.6) is 11.5 Å². The van der Waals surface area contributed by atoms with Gasteiger partial charge >= 0.3 is 0 Å². The zero-order valence-corrected chi connectivity index (χ0v) is 15.0. The molecule has 0 aliphatic carbocycles. The SMILES string of the molecule is CCCCCNc1ccc(NC(=O)c2ccc(OC)c(OC)c2)nc1. The van der Waals surface area contributed by atoms with Crippen molar-refractivity contribution >= 4 is 17.4 Å². The number of carbonyl (C=O) groups excluding carboxylic acids is 1. The van der Waals surface area contributed by atoms with Gasteiger partial charge in [-0.25, -0.2) is 4.98 Å². The minimum Gasteiger partial charge on any atom is -0.493 e. The van der Waals surface area contributed by atoms with Crippen LogP contribution in [0.3, 0.4) is 0 Å². The van der Waals surface area contributed by atoms with Crippen LogP contribution < -0.4 is 20.1 Å². The molecule has 0 unspecified atom stereocenters. The van der Waals surface area contributed by atoms with Gasteiger partial charge in [0.1, 0.15) is 5.82 Å². The smallest absolute Gasteiger partial charge is 0.256 e. The van der Waals surface area contributed by atoms with Crippen LogP contribution in [-0.4, -0.2) is 31.7 Å². The first-order valence-electron chi connectivity index (χ1n) is 8.41. The number of unbranched alkanes of at least 4 members (excludes halogenated alkanes) is 2. The number of anilines is 2. The highest BCUT2D eigenvalue weighted by Gasteiger charge is 2.11. The minimum atomic E-state index is -0.253. The van der Waals surface area contributed by atoms with Crippen molar-refractivity contribution in [3.63, 3.8) is 0 Å². The maximum absolute atomic E-state index is 12.3. The number of aromatic nitrogens is 1. The number of methoxy groups -OCH3 is 2. The quantitative estimate of drug-likeness (QED) is 0.675. The molecule has 1 aromatic carbocycles. The highest BCUT2D eigenvalue weighted by molar-refractivity contribution is 6.04. The van der Waals surface area contributed by atoms with E-state index in [-0.39, 0.29) is 5.91 Å². The summed E-state index contributed by atoms with van der Waals surface area (Å²) in [6.45, 7) is 3.10. The fourth-order valence-electron chi connectivity index (χ4n) is 2.35. The fourth-order valence-corrected chi connectivity index (χ4v) is 2.35. The first kappa shape index (κ1) is 18.6. The summed E-state index contributed by atoms with van der Waals surface area (Å²) >= 11 is 0. The lowest BCUT2D eigenvalue weighted by Gasteiger charge is -2.10. The summed E-state index contributed by atoms with van der Waals surface area (Å²) in [6.07, 6.45) is 5.26. The van der Waals surface area contributed by atoms with Gasteiger partial charge in [0.2, 0.25) is 0 Å². The molecule has 2 aromatic rings. The van der Waals surface area contributed by atoms with E-state index in [0.29, 0.717) is 22.9 Å². The number of nitrogens with one attached hydrogen (secondary N) is 2. The van der Waals surface area contributed by atoms with Crippen molar-refractivity contribution in [2.75, 3.05) is 31.4 Å². The zero-order chi connectivity index (χ0) is 18.1. The molecule has 1 aromatic heterocycles. The lowest BCUT2D eigenvalue weighted by Crippen LogP contribution is -2.13. The van der Waals surface area contributed by atoms with E-state index in [1.54, 1.807) is 37.6 Å². The molecule has 6 heteroatoms. The van der Waals surface area contributed by atoms with E-state index in [1.807, 2.05) is 6.07 Å². The van der Waals surface area contributed by atoms with Crippen molar-refractivity contribution in [1.29, 1.82) is 0 Å². The number of nitrogens with zero attached hydrogens (tertiary/aromatic N) is 1. The summed E-state index contributed by atoms with van der Waals surface area (Å²) in [7, 11) is 3.09. The summed E-state index contributed by atoms with van der Waals surface area (Å²) in [5.74, 6) is 1.33. The lowest BCUT2D eigenvalue weighted by molar-refractivity contribution is 0.102. The maximum Gasteiger partial charge on any atom is 0.256 e. The Morgan fingerprint density at radius 3 is 2.52 bits per heavy atom. The van der Waals surface area contributed by atoms with Crippen LogP contribution in [0.2, 0.25) is 0 Å². The topological polar surface area (TPSA) is 72.5 Å². The Labute approximate surface area is 148 Å². The molecule has 0 saturated carbocycles. The van der Waals surface area contributed by atoms with Crippen LogP contribution in [0.1, 0.15) is 36.5 Å². The van der Waals surface area contributed by atoms with Gasteiger partial charge in [0.25, 0.3) is 5.91 Å². The van der Waals surface area contributed by atoms with Crippen LogP contribution in [-0.2, 0) is 0 Å². The molecule has 0 saturated heterocycles. The average molecular weight is 343 g/mol. The second-order valence-corrected chi connectivity index (χ2v) is 5.59. The molecule has 0 radical (unpaired) electrons. The lowest BCUT2D eigenvalue weighted by atomic mass is 10.2. The summed E-state index contributed by atoms with van der Waals surface area (Å²) in [5, 5.41) is 6.09. The first-order valence-corrected chi connectivity index (χ1v) is 8.41. The molecule has 0 aliphatic rings. The average Bonchev–Trinajstić information content (AvgIpc) is 2.65. The first-order chi connectivity index (χ1) is 12.2. The van der Waals surface area contributed by atoms with Gasteiger partial charge in [-0.3, -0.25) is 4.79 Å². The number of carbonyl (C=O) groups is 1. The summed E-state index contributed by atoms with van der Waals surface area (Å²) in [5.41, 5.74) is 1.42. The predicted octanol–water partition coefficient (Wildman–Crippen LogP) is 3.95. The van der Waals surface area contributed by atoms with Crippen LogP contribution in [0.25, 0.3) is 0 Å². The highest BCUT2D eigenvalue weighted by Crippen LogP contribution is 2.27. The van der Waals surface area contributed by atoms with Crippen molar-refractivity contribution in [1.82, 2.24) is 4.98 Å². The van der Waals surface area contributed by atoms with E-state index in [2.05, 4.69) is 22.5 Å². The molecular formula is C19H25N3O3. The van der Waals surface area contributed by atoms with Crippen LogP contribution >= 0.6 is 0 Å². The largest absolute Gasteiger partial charge is 0.493 e. The van der Waals surface area contributed by atoms with Crippen LogP contribution in [0.15, 0.2) is 36.5 Å². The molecule has 1 amide bonds. The van der Waals surface area contributed by atoms with Crippen molar-refractivity contribution in [3.05, 3.63) is 42.1 Å². The van der Waals surface area contributed by atoms with Gasteiger partial charge in [0.05, 0.1) is 26.1 Å². The predicted molar refractivity (Wildman–Crippen MR) is 99.8 cm³/mol. The molecule has 0 spiro atoms. The number of ether oxygens (including phenoxy) is 2. The number of rotatable bonds is 9. The molecule has 0 aliphatic heterocycles. The maximum atomic E-state index is 12.3. The highest BCUT2D eigenvalue weighted by atomic mass is 16.5. The number of hydrogen-bond donors (Lipinski definition) is 2. The molecule has 1 heterocycles. The van der Waals surface area contributed by atoms with E-state index in [1.165, 1.54) is 20.0 Å². The molecule has 2 rings (SSSR count). The molecule has 6 nitrogen and oxygen atoms in total. The Morgan fingerprint density at radius 1 is 1.08 bits per heavy atom. The summed E-state index contributed by atoms with van der Waals surface area (Å²) in [6, 6.07) is 8.70. The van der Waals surface area contributed by atoms with Gasteiger partial charge in [-0.2, -0.15) is 0 Å². The second kappa shape index (κ2) is 9.52. The van der Waals surface area contributed by atoms with E-state index in [9.17, 15) is 4.79 Å². The Morgan fingerprint density at radius 2 is 1.88 bits per heavy atom. The summed E-state index contributed by atoms with van der Waals surface area (Å²) < 4.78 is 10.4. The van der Waals surface area contributed by atoms with Gasteiger partial charge < -0.3 is 20.1 Å². The molecule has 0 atom stereocenters. The van der Waals surface area contributed by atoms with Crippen molar-refractivity contribution < 1.29 is 14.3 Å². The fraction of sp³-hybridized carbons (Fsp3) is 0.368. The number of amides is 1. The molecule has 2 N–H and O–H groups in total. The Bertz CT molecular complexity index is 687. The number of pyridine rings is 1. The third kappa shape index (κ3) is 5.38. The third-order valence-electron chi connectivity index (χ3n) is 3.76. The summed E-state index contributed by atoms with van der Waals surface area (Å²) in [4.78, 5) is 16.6. The minimum absolute atomic E-state index is 0.253. The van der Waals surface area contributed by atoms with Crippen molar-refractivity contribution in [2.45, 2.75) is 26.2 Å². The van der Waals surface area contributed by atoms with E-state index >= 15 is 0 Å². The molecule has 25 heavy (non-hydrogen) atoms. The van der Waals surface area contributed by atoms with Gasteiger partial charge in [-0.1, -0.05) is 19.8 Å². The van der Waals surface area contributed by atoms with Gasteiger partial charge in [-0.15, -0.1) is 0 Å². The molecular weight excluding hydrogens is 318 g/mol. The third-order valence-corrected chi connectivity index (χ3v) is 3.76. The Hall–Kier alpha value is -2.76. The van der Waals surface area contributed by atoms with Gasteiger partial charge in [0, 0.05) is 12.1 Å². The number of hydrogen-bond acceptors (Lipinski definition) is 5. The van der Waals surface area contributed by atoms with Crippen LogP contribution in [0.4, 0.5) is 11.5 Å². The van der Waals surface area contributed by atoms with Gasteiger partial charge in [0.15, 0.2) is 11.5 Å². The van der Waals surface area contributed by atoms with E-state index in [0.717, 1.165) is 18.7 Å². The normalized spacial score (nSPS) is 10.2. The van der Waals surface area contributed by atoms with Crippen molar-refractivity contribution in [2.24, 2.45) is 0 Å². The Balaban J connectivity index is 1.96.